The van der Waals surface area contributed by atoms with Crippen molar-refractivity contribution in [1.82, 2.24) is 10.6 Å². The van der Waals surface area contributed by atoms with Gasteiger partial charge in [-0.3, -0.25) is 14.4 Å². The van der Waals surface area contributed by atoms with Gasteiger partial charge in [0.15, 0.2) is 0 Å². The Morgan fingerprint density at radius 2 is 1.58 bits per heavy atom. The van der Waals surface area contributed by atoms with Gasteiger partial charge in [-0.15, -0.1) is 0 Å². The van der Waals surface area contributed by atoms with Crippen LogP contribution in [0.25, 0.3) is 0 Å². The molecule has 0 aliphatic carbocycles. The molecule has 2 aromatic carbocycles. The first-order valence-corrected chi connectivity index (χ1v) is 8.83. The second kappa shape index (κ2) is 9.15. The topological polar surface area (TPSA) is 87.3 Å². The Hall–Kier alpha value is -2.67. The van der Waals surface area contributed by atoms with Crippen molar-refractivity contribution in [3.05, 3.63) is 63.6 Å². The van der Waals surface area contributed by atoms with Gasteiger partial charge in [-0.2, -0.15) is 0 Å². The van der Waals surface area contributed by atoms with Crippen molar-refractivity contribution in [3.63, 3.8) is 0 Å². The lowest BCUT2D eigenvalue weighted by Crippen LogP contribution is -2.40. The SMILES string of the molecule is Cc1cccc(NC(=O)CNC(=O)CNC(=O)c2ccccc2Br)c1C. The van der Waals surface area contributed by atoms with Gasteiger partial charge in [0.05, 0.1) is 18.7 Å². The molecule has 0 aromatic heterocycles. The molecule has 3 amide bonds. The van der Waals surface area contributed by atoms with E-state index in [9.17, 15) is 14.4 Å². The van der Waals surface area contributed by atoms with E-state index in [0.717, 1.165) is 11.1 Å². The van der Waals surface area contributed by atoms with Gasteiger partial charge in [-0.05, 0) is 59.1 Å². The molecule has 0 bridgehead atoms. The van der Waals surface area contributed by atoms with Crippen LogP contribution in [0, 0.1) is 13.8 Å². The van der Waals surface area contributed by atoms with E-state index in [4.69, 9.17) is 0 Å². The van der Waals surface area contributed by atoms with E-state index in [1.807, 2.05) is 26.0 Å². The average Bonchev–Trinajstić information content (AvgIpc) is 2.62. The summed E-state index contributed by atoms with van der Waals surface area (Å²) < 4.78 is 0.644. The predicted octanol–water partition coefficient (Wildman–Crippen LogP) is 2.55. The molecule has 0 saturated carbocycles. The lowest BCUT2D eigenvalue weighted by Gasteiger charge is -2.11. The molecule has 0 fully saturated rings. The monoisotopic (exact) mass is 417 g/mol. The van der Waals surface area contributed by atoms with E-state index in [1.54, 1.807) is 30.3 Å². The van der Waals surface area contributed by atoms with Gasteiger partial charge >= 0.3 is 0 Å². The lowest BCUT2D eigenvalue weighted by molar-refractivity contribution is -0.123. The summed E-state index contributed by atoms with van der Waals surface area (Å²) in [6.45, 7) is 3.50. The van der Waals surface area contributed by atoms with Crippen LogP contribution in [0.1, 0.15) is 21.5 Å². The largest absolute Gasteiger partial charge is 0.345 e. The summed E-state index contributed by atoms with van der Waals surface area (Å²) in [4.78, 5) is 35.8. The van der Waals surface area contributed by atoms with Crippen LogP contribution < -0.4 is 16.0 Å². The van der Waals surface area contributed by atoms with Crippen LogP contribution in [-0.2, 0) is 9.59 Å². The van der Waals surface area contributed by atoms with Gasteiger partial charge in [-0.25, -0.2) is 0 Å². The zero-order chi connectivity index (χ0) is 19.1. The third-order valence-electron chi connectivity index (χ3n) is 3.85. The number of hydrogen-bond donors (Lipinski definition) is 3. The van der Waals surface area contributed by atoms with Crippen LogP contribution in [0.15, 0.2) is 46.9 Å². The Balaban J connectivity index is 1.78. The molecule has 26 heavy (non-hydrogen) atoms. The molecule has 0 aliphatic rings. The standard InChI is InChI=1S/C19H20BrN3O3/c1-12-6-5-9-16(13(12)2)23-18(25)11-21-17(24)10-22-19(26)14-7-3-4-8-15(14)20/h3-9H,10-11H2,1-2H3,(H,21,24)(H,22,26)(H,23,25). The molecule has 136 valence electrons. The van der Waals surface area contributed by atoms with Crippen LogP contribution in [0.2, 0.25) is 0 Å². The highest BCUT2D eigenvalue weighted by Gasteiger charge is 2.12. The molecule has 6 nitrogen and oxygen atoms in total. The van der Waals surface area contributed by atoms with Crippen molar-refractivity contribution >= 4 is 39.3 Å². The number of rotatable bonds is 6. The fourth-order valence-electron chi connectivity index (χ4n) is 2.22. The summed E-state index contributed by atoms with van der Waals surface area (Å²) in [5.41, 5.74) is 3.20. The molecule has 2 rings (SSSR count). The van der Waals surface area contributed by atoms with Crippen LogP contribution >= 0.6 is 15.9 Å². The molecular weight excluding hydrogens is 398 g/mol. The normalized spacial score (nSPS) is 10.1. The number of carbonyl (C=O) groups excluding carboxylic acids is 3. The van der Waals surface area contributed by atoms with E-state index >= 15 is 0 Å². The molecule has 0 heterocycles. The quantitative estimate of drug-likeness (QED) is 0.674. The summed E-state index contributed by atoms with van der Waals surface area (Å²) in [5, 5.41) is 7.76. The first-order chi connectivity index (χ1) is 12.4. The number of halogens is 1. The van der Waals surface area contributed by atoms with Gasteiger partial charge < -0.3 is 16.0 Å². The maximum atomic E-state index is 12.0. The van der Waals surface area contributed by atoms with Crippen LogP contribution in [0.5, 0.6) is 0 Å². The third kappa shape index (κ3) is 5.42. The molecule has 3 N–H and O–H groups in total. The highest BCUT2D eigenvalue weighted by atomic mass is 79.9. The van der Waals surface area contributed by atoms with Crippen molar-refractivity contribution < 1.29 is 14.4 Å². The smallest absolute Gasteiger partial charge is 0.252 e. The van der Waals surface area contributed by atoms with E-state index in [0.29, 0.717) is 15.7 Å². The first kappa shape index (κ1) is 19.7. The minimum atomic E-state index is -0.443. The van der Waals surface area contributed by atoms with Crippen LogP contribution in [-0.4, -0.2) is 30.8 Å². The van der Waals surface area contributed by atoms with E-state index in [2.05, 4.69) is 31.9 Å². The molecule has 2 aromatic rings. The second-order valence-corrected chi connectivity index (χ2v) is 6.59. The van der Waals surface area contributed by atoms with Crippen molar-refractivity contribution in [2.45, 2.75) is 13.8 Å². The number of nitrogens with one attached hydrogen (secondary N) is 3. The number of carbonyl (C=O) groups is 3. The van der Waals surface area contributed by atoms with Gasteiger partial charge in [0.1, 0.15) is 0 Å². The number of aryl methyl sites for hydroxylation is 1. The Morgan fingerprint density at radius 3 is 2.31 bits per heavy atom. The van der Waals surface area contributed by atoms with E-state index in [1.165, 1.54) is 0 Å². The zero-order valence-corrected chi connectivity index (χ0v) is 16.1. The number of hydrogen-bond acceptors (Lipinski definition) is 3. The molecule has 0 aliphatic heterocycles. The molecule has 7 heteroatoms. The molecule has 0 atom stereocenters. The maximum absolute atomic E-state index is 12.0. The molecule has 0 unspecified atom stereocenters. The molecular formula is C19H20BrN3O3. The number of amides is 3. The zero-order valence-electron chi connectivity index (χ0n) is 14.6. The summed E-state index contributed by atoms with van der Waals surface area (Å²) in [5.74, 6) is -1.14. The predicted molar refractivity (Wildman–Crippen MR) is 104 cm³/mol. The molecule has 0 spiro atoms. The second-order valence-electron chi connectivity index (χ2n) is 5.73. The highest BCUT2D eigenvalue weighted by molar-refractivity contribution is 9.10. The summed E-state index contributed by atoms with van der Waals surface area (Å²) in [6.07, 6.45) is 0. The lowest BCUT2D eigenvalue weighted by atomic mass is 10.1. The fraction of sp³-hybridized carbons (Fsp3) is 0.211. The van der Waals surface area contributed by atoms with Crippen molar-refractivity contribution in [2.75, 3.05) is 18.4 Å². The van der Waals surface area contributed by atoms with Crippen molar-refractivity contribution in [3.8, 4) is 0 Å². The highest BCUT2D eigenvalue weighted by Crippen LogP contribution is 2.17. The fourth-order valence-corrected chi connectivity index (χ4v) is 2.69. The Kier molecular flexibility index (Phi) is 6.91. The molecule has 0 radical (unpaired) electrons. The van der Waals surface area contributed by atoms with Gasteiger partial charge in [0.2, 0.25) is 11.8 Å². The van der Waals surface area contributed by atoms with Crippen molar-refractivity contribution in [2.24, 2.45) is 0 Å². The Labute approximate surface area is 160 Å². The third-order valence-corrected chi connectivity index (χ3v) is 4.54. The van der Waals surface area contributed by atoms with Crippen LogP contribution in [0.4, 0.5) is 5.69 Å². The Bertz CT molecular complexity index is 837. The minimum Gasteiger partial charge on any atom is -0.345 e. The van der Waals surface area contributed by atoms with Crippen LogP contribution in [0.3, 0.4) is 0 Å². The van der Waals surface area contributed by atoms with E-state index < -0.39 is 5.91 Å². The first-order valence-electron chi connectivity index (χ1n) is 8.04. The summed E-state index contributed by atoms with van der Waals surface area (Å²) in [7, 11) is 0. The Morgan fingerprint density at radius 1 is 0.885 bits per heavy atom. The van der Waals surface area contributed by atoms with Gasteiger partial charge in [-0.1, -0.05) is 24.3 Å². The van der Waals surface area contributed by atoms with Gasteiger partial charge in [0.25, 0.3) is 5.91 Å². The maximum Gasteiger partial charge on any atom is 0.252 e. The van der Waals surface area contributed by atoms with E-state index in [-0.39, 0.29) is 24.9 Å². The van der Waals surface area contributed by atoms with Gasteiger partial charge in [0, 0.05) is 10.2 Å². The summed E-state index contributed by atoms with van der Waals surface area (Å²) >= 11 is 3.28. The average molecular weight is 418 g/mol. The minimum absolute atomic E-state index is 0.170. The number of benzene rings is 2. The van der Waals surface area contributed by atoms with Crippen molar-refractivity contribution in [1.29, 1.82) is 0 Å². The molecule has 0 saturated heterocycles. The summed E-state index contributed by atoms with van der Waals surface area (Å²) in [6, 6.07) is 12.5. The number of anilines is 1.